The fraction of sp³-hybridized carbons (Fsp3) is 0.208. The summed E-state index contributed by atoms with van der Waals surface area (Å²) in [6.07, 6.45) is 0.799. The minimum atomic E-state index is 0.295. The van der Waals surface area contributed by atoms with Crippen molar-refractivity contribution in [2.75, 3.05) is 13.7 Å². The van der Waals surface area contributed by atoms with Gasteiger partial charge in [-0.1, -0.05) is 47.5 Å². The number of hydrogen-bond acceptors (Lipinski definition) is 4. The molecule has 0 atom stereocenters. The van der Waals surface area contributed by atoms with Gasteiger partial charge >= 0.3 is 0 Å². The quantitative estimate of drug-likeness (QED) is 0.273. The molecule has 0 N–H and O–H groups in total. The number of halogens is 2. The molecule has 0 fully saturated rings. The van der Waals surface area contributed by atoms with E-state index in [0.29, 0.717) is 29.0 Å². The number of aromatic nitrogens is 2. The maximum atomic E-state index is 6.24. The molecule has 0 spiro atoms. The van der Waals surface area contributed by atoms with Crippen LogP contribution in [0.15, 0.2) is 66.7 Å². The molecular formula is C24H22Cl2N2O3. The highest BCUT2D eigenvalue weighted by atomic mass is 35.5. The number of fused-ring (bicyclic) bond motifs is 1. The van der Waals surface area contributed by atoms with Crippen LogP contribution in [0.25, 0.3) is 11.0 Å². The van der Waals surface area contributed by atoms with Gasteiger partial charge in [0.15, 0.2) is 11.5 Å². The molecule has 5 nitrogen and oxygen atoms in total. The highest BCUT2D eigenvalue weighted by Gasteiger charge is 2.12. The van der Waals surface area contributed by atoms with Crippen molar-refractivity contribution in [2.45, 2.75) is 19.6 Å². The smallest absolute Gasteiger partial charge is 0.161 e. The Balaban J connectivity index is 1.46. The summed E-state index contributed by atoms with van der Waals surface area (Å²) < 4.78 is 19.3. The van der Waals surface area contributed by atoms with E-state index in [4.69, 9.17) is 42.4 Å². The number of aryl methyl sites for hydroxylation is 1. The average molecular weight is 457 g/mol. The summed E-state index contributed by atoms with van der Waals surface area (Å²) in [5.41, 5.74) is 1.98. The van der Waals surface area contributed by atoms with Crippen LogP contribution in [0, 0.1) is 0 Å². The Morgan fingerprint density at radius 1 is 0.871 bits per heavy atom. The first-order valence-electron chi connectivity index (χ1n) is 9.93. The molecule has 3 aromatic carbocycles. The number of para-hydroxylation sites is 4. The standard InChI is InChI=1S/C24H22Cl2N2O3/c1-29-22-9-4-5-10-23(22)30-14-6-13-28-20-8-3-2-7-19(20)27-24(28)16-31-21-12-11-17(25)15-18(21)26/h2-5,7-12,15H,6,13-14,16H2,1H3. The molecule has 7 heteroatoms. The number of methoxy groups -OCH3 is 1. The van der Waals surface area contributed by atoms with Gasteiger partial charge in [-0.25, -0.2) is 4.98 Å². The van der Waals surface area contributed by atoms with Gasteiger partial charge in [-0.05, 0) is 48.9 Å². The van der Waals surface area contributed by atoms with E-state index in [1.807, 2.05) is 42.5 Å². The summed E-state index contributed by atoms with van der Waals surface area (Å²) in [6, 6.07) is 20.9. The van der Waals surface area contributed by atoms with E-state index in [0.717, 1.165) is 41.3 Å². The van der Waals surface area contributed by atoms with Crippen molar-refractivity contribution in [1.29, 1.82) is 0 Å². The monoisotopic (exact) mass is 456 g/mol. The second-order valence-corrected chi connectivity index (χ2v) is 7.73. The van der Waals surface area contributed by atoms with Crippen LogP contribution in [0.1, 0.15) is 12.2 Å². The van der Waals surface area contributed by atoms with Crippen molar-refractivity contribution in [1.82, 2.24) is 9.55 Å². The molecule has 1 aromatic heterocycles. The Morgan fingerprint density at radius 3 is 2.45 bits per heavy atom. The largest absolute Gasteiger partial charge is 0.493 e. The lowest BCUT2D eigenvalue weighted by atomic mass is 10.3. The summed E-state index contributed by atoms with van der Waals surface area (Å²) in [7, 11) is 1.64. The molecule has 4 rings (SSSR count). The third kappa shape index (κ3) is 5.06. The van der Waals surface area contributed by atoms with Crippen molar-refractivity contribution >= 4 is 34.2 Å². The van der Waals surface area contributed by atoms with Crippen LogP contribution in [0.5, 0.6) is 17.2 Å². The first-order valence-corrected chi connectivity index (χ1v) is 10.7. The minimum absolute atomic E-state index is 0.295. The average Bonchev–Trinajstić information content (AvgIpc) is 3.14. The highest BCUT2D eigenvalue weighted by molar-refractivity contribution is 6.35. The topological polar surface area (TPSA) is 45.5 Å². The van der Waals surface area contributed by atoms with Gasteiger partial charge < -0.3 is 18.8 Å². The fourth-order valence-electron chi connectivity index (χ4n) is 3.36. The minimum Gasteiger partial charge on any atom is -0.493 e. The SMILES string of the molecule is COc1ccccc1OCCCn1c(COc2ccc(Cl)cc2Cl)nc2ccccc21. The molecule has 0 aliphatic rings. The van der Waals surface area contributed by atoms with E-state index >= 15 is 0 Å². The summed E-state index contributed by atoms with van der Waals surface area (Å²) in [4.78, 5) is 4.75. The molecule has 31 heavy (non-hydrogen) atoms. The third-order valence-corrected chi connectivity index (χ3v) is 5.37. The zero-order chi connectivity index (χ0) is 21.6. The predicted octanol–water partition coefficient (Wildman–Crippen LogP) is 6.40. The molecule has 1 heterocycles. The van der Waals surface area contributed by atoms with Crippen LogP contribution in [0.4, 0.5) is 0 Å². The molecule has 4 aromatic rings. The summed E-state index contributed by atoms with van der Waals surface area (Å²) >= 11 is 12.2. The van der Waals surface area contributed by atoms with Gasteiger partial charge in [-0.15, -0.1) is 0 Å². The molecule has 0 saturated carbocycles. The molecule has 0 aliphatic heterocycles. The number of ether oxygens (including phenoxy) is 3. The van der Waals surface area contributed by atoms with E-state index in [9.17, 15) is 0 Å². The lowest BCUT2D eigenvalue weighted by molar-refractivity contribution is 0.273. The van der Waals surface area contributed by atoms with Gasteiger partial charge in [0.25, 0.3) is 0 Å². The van der Waals surface area contributed by atoms with E-state index in [1.165, 1.54) is 0 Å². The summed E-state index contributed by atoms with van der Waals surface area (Å²) in [5, 5.41) is 1.04. The van der Waals surface area contributed by atoms with Crippen LogP contribution in [-0.2, 0) is 13.2 Å². The molecule has 160 valence electrons. The van der Waals surface area contributed by atoms with E-state index in [1.54, 1.807) is 25.3 Å². The van der Waals surface area contributed by atoms with Gasteiger partial charge in [0.1, 0.15) is 18.2 Å². The van der Waals surface area contributed by atoms with Crippen molar-refractivity contribution in [3.63, 3.8) is 0 Å². The number of hydrogen-bond donors (Lipinski definition) is 0. The van der Waals surface area contributed by atoms with Gasteiger partial charge in [-0.2, -0.15) is 0 Å². The molecule has 0 radical (unpaired) electrons. The van der Waals surface area contributed by atoms with Crippen molar-refractivity contribution in [3.05, 3.63) is 82.6 Å². The van der Waals surface area contributed by atoms with Gasteiger partial charge in [0.2, 0.25) is 0 Å². The Labute approximate surface area is 191 Å². The summed E-state index contributed by atoms with van der Waals surface area (Å²) in [6.45, 7) is 1.59. The van der Waals surface area contributed by atoms with Crippen molar-refractivity contribution < 1.29 is 14.2 Å². The zero-order valence-corrected chi connectivity index (χ0v) is 18.6. The van der Waals surface area contributed by atoms with Crippen LogP contribution in [0.2, 0.25) is 10.0 Å². The Bertz CT molecular complexity index is 1180. The lowest BCUT2D eigenvalue weighted by Gasteiger charge is -2.13. The normalized spacial score (nSPS) is 10.9. The van der Waals surface area contributed by atoms with Crippen LogP contribution >= 0.6 is 23.2 Å². The maximum Gasteiger partial charge on any atom is 0.161 e. The lowest BCUT2D eigenvalue weighted by Crippen LogP contribution is -2.10. The molecule has 0 unspecified atom stereocenters. The van der Waals surface area contributed by atoms with Crippen LogP contribution in [-0.4, -0.2) is 23.3 Å². The van der Waals surface area contributed by atoms with Crippen LogP contribution < -0.4 is 14.2 Å². The van der Waals surface area contributed by atoms with Gasteiger partial charge in [0.05, 0.1) is 29.8 Å². The number of imidazole rings is 1. The number of nitrogens with zero attached hydrogens (tertiary/aromatic N) is 2. The van der Waals surface area contributed by atoms with E-state index in [-0.39, 0.29) is 0 Å². The molecule has 0 bridgehead atoms. The number of benzene rings is 3. The Hall–Kier alpha value is -2.89. The Morgan fingerprint density at radius 2 is 1.65 bits per heavy atom. The van der Waals surface area contributed by atoms with Gasteiger partial charge in [0, 0.05) is 11.6 Å². The van der Waals surface area contributed by atoms with Crippen molar-refractivity contribution in [3.8, 4) is 17.2 Å². The molecule has 0 saturated heterocycles. The highest BCUT2D eigenvalue weighted by Crippen LogP contribution is 2.29. The second-order valence-electron chi connectivity index (χ2n) is 6.88. The first kappa shape index (κ1) is 21.3. The predicted molar refractivity (Wildman–Crippen MR) is 124 cm³/mol. The Kier molecular flexibility index (Phi) is 6.85. The zero-order valence-electron chi connectivity index (χ0n) is 17.1. The van der Waals surface area contributed by atoms with Crippen LogP contribution in [0.3, 0.4) is 0 Å². The maximum absolute atomic E-state index is 6.24. The molecular weight excluding hydrogens is 435 g/mol. The van der Waals surface area contributed by atoms with Gasteiger partial charge in [-0.3, -0.25) is 0 Å². The first-order chi connectivity index (χ1) is 15.2. The fourth-order valence-corrected chi connectivity index (χ4v) is 3.83. The van der Waals surface area contributed by atoms with E-state index in [2.05, 4.69) is 10.6 Å². The summed E-state index contributed by atoms with van der Waals surface area (Å²) in [5.74, 6) is 2.86. The van der Waals surface area contributed by atoms with Crippen molar-refractivity contribution in [2.24, 2.45) is 0 Å². The second kappa shape index (κ2) is 9.94. The molecule has 0 amide bonds. The number of rotatable bonds is 9. The van der Waals surface area contributed by atoms with E-state index < -0.39 is 0 Å². The third-order valence-electron chi connectivity index (χ3n) is 4.84. The molecule has 0 aliphatic carbocycles.